The van der Waals surface area contributed by atoms with Gasteiger partial charge in [-0.1, -0.05) is 19.9 Å². The van der Waals surface area contributed by atoms with Crippen molar-refractivity contribution in [1.29, 1.82) is 0 Å². The van der Waals surface area contributed by atoms with Crippen molar-refractivity contribution in [2.45, 2.75) is 73.0 Å². The monoisotopic (exact) mass is 578 g/mol. The van der Waals surface area contributed by atoms with Gasteiger partial charge < -0.3 is 24.8 Å². The SMILES string of the molecule is Cc1ccc(OCCNc2ccc(-c3cnc(C)c([C@H](OC(C)(C)C)C(=O)O)c3N3CCC(C)(C)CC3)nc2)cc1F. The predicted molar refractivity (Wildman–Crippen MR) is 164 cm³/mol. The fraction of sp³-hybridized carbons (Fsp3) is 0.485. The molecule has 2 N–H and O–H groups in total. The number of carboxylic acid groups (broad SMARTS) is 1. The van der Waals surface area contributed by atoms with Crippen molar-refractivity contribution < 1.29 is 23.8 Å². The van der Waals surface area contributed by atoms with Gasteiger partial charge in [0.2, 0.25) is 0 Å². The van der Waals surface area contributed by atoms with Crippen molar-refractivity contribution in [3.8, 4) is 17.0 Å². The zero-order valence-corrected chi connectivity index (χ0v) is 25.8. The van der Waals surface area contributed by atoms with E-state index < -0.39 is 17.7 Å². The highest BCUT2D eigenvalue weighted by Gasteiger charge is 2.36. The predicted octanol–water partition coefficient (Wildman–Crippen LogP) is 6.96. The first-order chi connectivity index (χ1) is 19.7. The fourth-order valence-corrected chi connectivity index (χ4v) is 5.06. The summed E-state index contributed by atoms with van der Waals surface area (Å²) in [5.41, 5.74) is 4.42. The van der Waals surface area contributed by atoms with E-state index >= 15 is 0 Å². The quantitative estimate of drug-likeness (QED) is 0.249. The summed E-state index contributed by atoms with van der Waals surface area (Å²) in [7, 11) is 0. The first-order valence-electron chi connectivity index (χ1n) is 14.5. The van der Waals surface area contributed by atoms with Crippen LogP contribution in [0.1, 0.15) is 70.4 Å². The Labute approximate surface area is 248 Å². The lowest BCUT2D eigenvalue weighted by atomic mass is 9.82. The number of aryl methyl sites for hydroxylation is 2. The number of aliphatic carboxylic acids is 1. The molecule has 0 bridgehead atoms. The number of nitrogens with one attached hydrogen (secondary N) is 1. The minimum atomic E-state index is -1.18. The molecule has 1 atom stereocenters. The number of pyridine rings is 2. The summed E-state index contributed by atoms with van der Waals surface area (Å²) in [5, 5.41) is 13.6. The van der Waals surface area contributed by atoms with Gasteiger partial charge in [-0.3, -0.25) is 9.97 Å². The van der Waals surface area contributed by atoms with Gasteiger partial charge >= 0.3 is 5.97 Å². The lowest BCUT2D eigenvalue weighted by Gasteiger charge is -2.40. The summed E-state index contributed by atoms with van der Waals surface area (Å²) in [4.78, 5) is 24.2. The second-order valence-electron chi connectivity index (χ2n) is 12.7. The number of aromatic nitrogens is 2. The second kappa shape index (κ2) is 12.7. The Kier molecular flexibility index (Phi) is 9.40. The molecule has 1 aliphatic heterocycles. The van der Waals surface area contributed by atoms with Crippen LogP contribution in [0.25, 0.3) is 11.3 Å². The average molecular weight is 579 g/mol. The van der Waals surface area contributed by atoms with E-state index in [4.69, 9.17) is 14.5 Å². The Hall–Kier alpha value is -3.72. The third-order valence-corrected chi connectivity index (χ3v) is 7.56. The van der Waals surface area contributed by atoms with Gasteiger partial charge in [-0.2, -0.15) is 0 Å². The molecule has 0 amide bonds. The summed E-state index contributed by atoms with van der Waals surface area (Å²) in [6.07, 6.45) is 4.32. The lowest BCUT2D eigenvalue weighted by molar-refractivity contribution is -0.160. The van der Waals surface area contributed by atoms with Crippen LogP contribution in [0.3, 0.4) is 0 Å². The number of anilines is 2. The fourth-order valence-electron chi connectivity index (χ4n) is 5.06. The largest absolute Gasteiger partial charge is 0.492 e. The highest BCUT2D eigenvalue weighted by Crippen LogP contribution is 2.43. The molecule has 42 heavy (non-hydrogen) atoms. The Morgan fingerprint density at radius 3 is 2.43 bits per heavy atom. The number of piperidine rings is 1. The molecule has 3 heterocycles. The number of hydrogen-bond acceptors (Lipinski definition) is 7. The highest BCUT2D eigenvalue weighted by molar-refractivity contribution is 5.85. The molecule has 226 valence electrons. The van der Waals surface area contributed by atoms with Crippen molar-refractivity contribution in [2.24, 2.45) is 5.41 Å². The number of rotatable bonds is 10. The standard InChI is InChI=1S/C33H43FN4O4/c1-21-8-10-24(18-26(21)34)41-17-14-35-23-9-11-27(37-19-23)25-20-36-22(2)28(30(31(39)40)42-32(3,4)5)29(25)38-15-12-33(6,7)13-16-38/h8-11,18-20,30,35H,12-17H2,1-7H3,(H,39,40)/t30-/m0/s1. The van der Waals surface area contributed by atoms with E-state index in [1.165, 1.54) is 6.07 Å². The van der Waals surface area contributed by atoms with Gasteiger partial charge in [-0.25, -0.2) is 9.18 Å². The molecule has 0 saturated carbocycles. The Balaban J connectivity index is 1.60. The summed E-state index contributed by atoms with van der Waals surface area (Å²) in [6.45, 7) is 16.1. The summed E-state index contributed by atoms with van der Waals surface area (Å²) in [5.74, 6) is -0.852. The van der Waals surface area contributed by atoms with E-state index in [1.807, 2.05) is 39.8 Å². The molecule has 0 spiro atoms. The van der Waals surface area contributed by atoms with Crippen LogP contribution in [0.2, 0.25) is 0 Å². The van der Waals surface area contributed by atoms with Crippen LogP contribution in [-0.4, -0.2) is 52.9 Å². The van der Waals surface area contributed by atoms with Crippen LogP contribution >= 0.6 is 0 Å². The molecule has 8 nitrogen and oxygen atoms in total. The zero-order chi connectivity index (χ0) is 30.7. The van der Waals surface area contributed by atoms with Crippen LogP contribution in [-0.2, 0) is 9.53 Å². The molecular formula is C33H43FN4O4. The molecule has 1 saturated heterocycles. The topological polar surface area (TPSA) is 96.8 Å². The lowest BCUT2D eigenvalue weighted by Crippen LogP contribution is -2.39. The second-order valence-corrected chi connectivity index (χ2v) is 12.7. The molecule has 1 aromatic carbocycles. The summed E-state index contributed by atoms with van der Waals surface area (Å²) >= 11 is 0. The van der Waals surface area contributed by atoms with Gasteiger partial charge in [0.25, 0.3) is 0 Å². The first-order valence-corrected chi connectivity index (χ1v) is 14.5. The summed E-state index contributed by atoms with van der Waals surface area (Å²) in [6, 6.07) is 8.67. The van der Waals surface area contributed by atoms with Gasteiger partial charge in [-0.15, -0.1) is 0 Å². The normalized spacial score (nSPS) is 15.8. The van der Waals surface area contributed by atoms with Crippen LogP contribution < -0.4 is 15.0 Å². The number of ether oxygens (including phenoxy) is 2. The number of carbonyl (C=O) groups is 1. The maximum Gasteiger partial charge on any atom is 0.337 e. The molecule has 0 aliphatic carbocycles. The maximum absolute atomic E-state index is 13.8. The van der Waals surface area contributed by atoms with E-state index in [0.29, 0.717) is 41.4 Å². The molecule has 2 aromatic heterocycles. The van der Waals surface area contributed by atoms with Crippen LogP contribution in [0, 0.1) is 25.1 Å². The highest BCUT2D eigenvalue weighted by atomic mass is 19.1. The molecule has 1 fully saturated rings. The van der Waals surface area contributed by atoms with Crippen LogP contribution in [0.5, 0.6) is 5.75 Å². The maximum atomic E-state index is 13.8. The van der Waals surface area contributed by atoms with Crippen molar-refractivity contribution >= 4 is 17.3 Å². The van der Waals surface area contributed by atoms with Gasteiger partial charge in [0.05, 0.1) is 28.9 Å². The smallest absolute Gasteiger partial charge is 0.337 e. The van der Waals surface area contributed by atoms with E-state index in [0.717, 1.165) is 42.9 Å². The van der Waals surface area contributed by atoms with Gasteiger partial charge in [0, 0.05) is 48.7 Å². The van der Waals surface area contributed by atoms with E-state index in [2.05, 4.69) is 29.0 Å². The molecule has 0 radical (unpaired) electrons. The number of benzene rings is 1. The van der Waals surface area contributed by atoms with E-state index in [-0.39, 0.29) is 11.2 Å². The Morgan fingerprint density at radius 2 is 1.83 bits per heavy atom. The third kappa shape index (κ3) is 7.76. The molecular weight excluding hydrogens is 535 g/mol. The first kappa shape index (κ1) is 31.2. The number of halogens is 1. The minimum Gasteiger partial charge on any atom is -0.492 e. The molecule has 0 unspecified atom stereocenters. The number of hydrogen-bond donors (Lipinski definition) is 2. The third-order valence-electron chi connectivity index (χ3n) is 7.56. The van der Waals surface area contributed by atoms with Crippen molar-refractivity contribution in [1.82, 2.24) is 9.97 Å². The summed E-state index contributed by atoms with van der Waals surface area (Å²) < 4.78 is 25.5. The Bertz CT molecular complexity index is 1390. The molecule has 9 heteroatoms. The van der Waals surface area contributed by atoms with Crippen molar-refractivity contribution in [2.75, 3.05) is 36.5 Å². The van der Waals surface area contributed by atoms with Crippen molar-refractivity contribution in [3.63, 3.8) is 0 Å². The average Bonchev–Trinajstić information content (AvgIpc) is 2.92. The molecule has 4 rings (SSSR count). The zero-order valence-electron chi connectivity index (χ0n) is 25.8. The van der Waals surface area contributed by atoms with E-state index in [1.54, 1.807) is 31.5 Å². The molecule has 3 aromatic rings. The van der Waals surface area contributed by atoms with Crippen LogP contribution in [0.15, 0.2) is 42.7 Å². The minimum absolute atomic E-state index is 0.218. The van der Waals surface area contributed by atoms with Gasteiger partial charge in [-0.05, 0) is 76.6 Å². The van der Waals surface area contributed by atoms with Crippen LogP contribution in [0.4, 0.5) is 15.8 Å². The number of nitrogens with zero attached hydrogens (tertiary/aromatic N) is 3. The van der Waals surface area contributed by atoms with Crippen molar-refractivity contribution in [3.05, 3.63) is 65.4 Å². The van der Waals surface area contributed by atoms with Gasteiger partial charge in [0.15, 0.2) is 6.10 Å². The van der Waals surface area contributed by atoms with Gasteiger partial charge in [0.1, 0.15) is 18.2 Å². The molecule has 1 aliphatic rings. The number of carboxylic acids is 1. The Morgan fingerprint density at radius 1 is 1.12 bits per heavy atom. The van der Waals surface area contributed by atoms with E-state index in [9.17, 15) is 14.3 Å².